The second-order valence-corrected chi connectivity index (χ2v) is 5.89. The van der Waals surface area contributed by atoms with E-state index in [1.54, 1.807) is 0 Å². The Balaban J connectivity index is 1.77. The van der Waals surface area contributed by atoms with Gasteiger partial charge in [0.1, 0.15) is 11.5 Å². The van der Waals surface area contributed by atoms with Crippen molar-refractivity contribution >= 4 is 0 Å². The third-order valence-corrected chi connectivity index (χ3v) is 3.80. The van der Waals surface area contributed by atoms with E-state index in [0.717, 1.165) is 30.7 Å². The quantitative estimate of drug-likeness (QED) is 0.692. The Kier molecular flexibility index (Phi) is 5.46. The highest BCUT2D eigenvalue weighted by molar-refractivity contribution is 5.20. The second kappa shape index (κ2) is 7.11. The molecule has 0 aromatic carbocycles. The van der Waals surface area contributed by atoms with Crippen molar-refractivity contribution in [1.82, 2.24) is 10.2 Å². The molecule has 3 nitrogen and oxygen atoms in total. The van der Waals surface area contributed by atoms with Crippen LogP contribution >= 0.6 is 0 Å². The van der Waals surface area contributed by atoms with Gasteiger partial charge in [0.05, 0.1) is 6.54 Å². The minimum absolute atomic E-state index is 0.741. The Labute approximate surface area is 117 Å². The maximum absolute atomic E-state index is 5.83. The molecule has 1 N–H and O–H groups in total. The number of nitrogens with zero attached hydrogens (tertiary/aromatic N) is 1. The van der Waals surface area contributed by atoms with Crippen LogP contribution in [0.25, 0.3) is 0 Å². The molecule has 0 atom stereocenters. The van der Waals surface area contributed by atoms with Crippen LogP contribution in [0.2, 0.25) is 0 Å². The van der Waals surface area contributed by atoms with E-state index in [1.165, 1.54) is 44.2 Å². The molecule has 108 valence electrons. The van der Waals surface area contributed by atoms with E-state index in [0.29, 0.717) is 0 Å². The fourth-order valence-corrected chi connectivity index (χ4v) is 2.37. The number of unbranched alkanes of at least 4 members (excludes halogenated alkanes) is 2. The van der Waals surface area contributed by atoms with E-state index in [1.807, 2.05) is 0 Å². The molecular weight excluding hydrogens is 236 g/mol. The average Bonchev–Trinajstić information content (AvgIpc) is 3.13. The highest BCUT2D eigenvalue weighted by Gasteiger charge is 2.21. The fraction of sp³-hybridized carbons (Fsp3) is 0.750. The third-order valence-electron chi connectivity index (χ3n) is 3.80. The normalized spacial score (nSPS) is 15.4. The molecule has 1 aliphatic rings. The Hall–Kier alpha value is -0.800. The number of hydrogen-bond donors (Lipinski definition) is 1. The van der Waals surface area contributed by atoms with Crippen LogP contribution in [0.15, 0.2) is 10.5 Å². The smallest absolute Gasteiger partial charge is 0.118 e. The van der Waals surface area contributed by atoms with E-state index in [9.17, 15) is 0 Å². The van der Waals surface area contributed by atoms with Crippen LogP contribution in [-0.4, -0.2) is 24.5 Å². The highest BCUT2D eigenvalue weighted by atomic mass is 16.3. The molecule has 0 unspecified atom stereocenters. The Bertz CT molecular complexity index is 382. The van der Waals surface area contributed by atoms with Crippen LogP contribution < -0.4 is 5.32 Å². The molecule has 0 radical (unpaired) electrons. The molecule has 1 heterocycles. The van der Waals surface area contributed by atoms with Gasteiger partial charge in [0.15, 0.2) is 0 Å². The largest absolute Gasteiger partial charge is 0.465 e. The number of furan rings is 1. The summed E-state index contributed by atoms with van der Waals surface area (Å²) in [6.45, 7) is 7.39. The minimum Gasteiger partial charge on any atom is -0.465 e. The SMILES string of the molecule is CCCCCN(C)Cc1cc(CNC2CC2)oc1C. The number of nitrogens with one attached hydrogen (secondary N) is 1. The highest BCUT2D eigenvalue weighted by Crippen LogP contribution is 2.21. The molecule has 1 aromatic heterocycles. The van der Waals surface area contributed by atoms with E-state index in [2.05, 4.69) is 37.2 Å². The first kappa shape index (κ1) is 14.6. The van der Waals surface area contributed by atoms with Crippen LogP contribution in [0.1, 0.15) is 56.1 Å². The van der Waals surface area contributed by atoms with Crippen LogP contribution in [0, 0.1) is 6.92 Å². The van der Waals surface area contributed by atoms with Gasteiger partial charge in [0, 0.05) is 18.2 Å². The van der Waals surface area contributed by atoms with Crippen LogP contribution in [-0.2, 0) is 13.1 Å². The summed E-state index contributed by atoms with van der Waals surface area (Å²) in [5.41, 5.74) is 1.34. The lowest BCUT2D eigenvalue weighted by atomic mass is 10.2. The van der Waals surface area contributed by atoms with Crippen molar-refractivity contribution in [2.75, 3.05) is 13.6 Å². The summed E-state index contributed by atoms with van der Waals surface area (Å²) >= 11 is 0. The molecule has 2 rings (SSSR count). The summed E-state index contributed by atoms with van der Waals surface area (Å²) in [6, 6.07) is 2.96. The zero-order valence-corrected chi connectivity index (χ0v) is 12.7. The molecule has 0 saturated heterocycles. The Morgan fingerprint density at radius 2 is 2.16 bits per heavy atom. The van der Waals surface area contributed by atoms with Crippen molar-refractivity contribution in [2.45, 2.75) is 65.1 Å². The molecule has 19 heavy (non-hydrogen) atoms. The standard InChI is InChI=1S/C16H28N2O/c1-4-5-6-9-18(3)12-14-10-16(19-13(14)2)11-17-15-7-8-15/h10,15,17H,4-9,11-12H2,1-3H3. The number of rotatable bonds is 9. The van der Waals surface area contributed by atoms with Crippen molar-refractivity contribution in [3.63, 3.8) is 0 Å². The Morgan fingerprint density at radius 1 is 1.37 bits per heavy atom. The molecule has 1 aliphatic carbocycles. The van der Waals surface area contributed by atoms with Gasteiger partial charge in [0.2, 0.25) is 0 Å². The summed E-state index contributed by atoms with van der Waals surface area (Å²) in [5.74, 6) is 2.16. The predicted octanol–water partition coefficient (Wildman–Crippen LogP) is 3.46. The van der Waals surface area contributed by atoms with Gasteiger partial charge >= 0.3 is 0 Å². The van der Waals surface area contributed by atoms with E-state index in [4.69, 9.17) is 4.42 Å². The van der Waals surface area contributed by atoms with E-state index >= 15 is 0 Å². The molecule has 0 bridgehead atoms. The summed E-state index contributed by atoms with van der Waals surface area (Å²) in [5, 5.41) is 3.50. The summed E-state index contributed by atoms with van der Waals surface area (Å²) < 4.78 is 5.83. The van der Waals surface area contributed by atoms with Crippen molar-refractivity contribution in [3.8, 4) is 0 Å². The van der Waals surface area contributed by atoms with Crippen molar-refractivity contribution in [3.05, 3.63) is 23.2 Å². The van der Waals surface area contributed by atoms with Gasteiger partial charge in [-0.2, -0.15) is 0 Å². The van der Waals surface area contributed by atoms with Gasteiger partial charge in [-0.1, -0.05) is 19.8 Å². The molecule has 1 saturated carbocycles. The van der Waals surface area contributed by atoms with E-state index in [-0.39, 0.29) is 0 Å². The average molecular weight is 264 g/mol. The molecule has 1 aromatic rings. The van der Waals surface area contributed by atoms with Gasteiger partial charge in [-0.15, -0.1) is 0 Å². The lowest BCUT2D eigenvalue weighted by Crippen LogP contribution is -2.19. The number of aryl methyl sites for hydroxylation is 1. The summed E-state index contributed by atoms with van der Waals surface area (Å²) in [6.07, 6.45) is 6.56. The van der Waals surface area contributed by atoms with Crippen LogP contribution in [0.5, 0.6) is 0 Å². The first-order valence-corrected chi connectivity index (χ1v) is 7.69. The Morgan fingerprint density at radius 3 is 2.84 bits per heavy atom. The van der Waals surface area contributed by atoms with Crippen molar-refractivity contribution < 1.29 is 4.42 Å². The zero-order chi connectivity index (χ0) is 13.7. The number of hydrogen-bond acceptors (Lipinski definition) is 3. The maximum atomic E-state index is 5.83. The first-order chi connectivity index (χ1) is 9.19. The molecule has 0 spiro atoms. The lowest BCUT2D eigenvalue weighted by molar-refractivity contribution is 0.315. The monoisotopic (exact) mass is 264 g/mol. The second-order valence-electron chi connectivity index (χ2n) is 5.89. The van der Waals surface area contributed by atoms with Crippen LogP contribution in [0.3, 0.4) is 0 Å². The first-order valence-electron chi connectivity index (χ1n) is 7.69. The molecule has 0 aliphatic heterocycles. The molecule has 0 amide bonds. The van der Waals surface area contributed by atoms with Crippen molar-refractivity contribution in [1.29, 1.82) is 0 Å². The topological polar surface area (TPSA) is 28.4 Å². The zero-order valence-electron chi connectivity index (χ0n) is 12.7. The third kappa shape index (κ3) is 5.00. The van der Waals surface area contributed by atoms with Gasteiger partial charge in [-0.05, 0) is 45.8 Å². The van der Waals surface area contributed by atoms with Gasteiger partial charge in [-0.25, -0.2) is 0 Å². The van der Waals surface area contributed by atoms with Gasteiger partial charge < -0.3 is 14.6 Å². The minimum atomic E-state index is 0.741. The maximum Gasteiger partial charge on any atom is 0.118 e. The van der Waals surface area contributed by atoms with Gasteiger partial charge in [0.25, 0.3) is 0 Å². The van der Waals surface area contributed by atoms with E-state index < -0.39 is 0 Å². The molecular formula is C16H28N2O. The van der Waals surface area contributed by atoms with Crippen LogP contribution in [0.4, 0.5) is 0 Å². The summed E-state index contributed by atoms with van der Waals surface area (Å²) in [7, 11) is 2.20. The molecule has 1 fully saturated rings. The lowest BCUT2D eigenvalue weighted by Gasteiger charge is -2.15. The summed E-state index contributed by atoms with van der Waals surface area (Å²) in [4.78, 5) is 2.39. The van der Waals surface area contributed by atoms with Gasteiger partial charge in [-0.3, -0.25) is 0 Å². The fourth-order valence-electron chi connectivity index (χ4n) is 2.37. The molecule has 3 heteroatoms. The predicted molar refractivity (Wildman–Crippen MR) is 79.2 cm³/mol. The van der Waals surface area contributed by atoms with Crippen molar-refractivity contribution in [2.24, 2.45) is 0 Å².